The lowest BCUT2D eigenvalue weighted by atomic mass is 10.1. The maximum Gasteiger partial charge on any atom is 0.409 e. The van der Waals surface area contributed by atoms with Crippen molar-refractivity contribution in [3.8, 4) is 0 Å². The average molecular weight is 221 g/mol. The Morgan fingerprint density at radius 2 is 1.94 bits per heavy atom. The number of likely N-dealkylation sites (N-methyl/N-ethyl adjacent to an activating group) is 1. The smallest absolute Gasteiger partial charge is 0.409 e. The van der Waals surface area contributed by atoms with Crippen molar-refractivity contribution in [2.75, 3.05) is 13.7 Å². The fourth-order valence-corrected chi connectivity index (χ4v) is 1.61. The Morgan fingerprint density at radius 1 is 1.31 bits per heavy atom. The van der Waals surface area contributed by atoms with Gasteiger partial charge in [0, 0.05) is 7.05 Å². The summed E-state index contributed by atoms with van der Waals surface area (Å²) in [5.74, 6) is 0. The number of hydrogen-bond donors (Lipinski definition) is 0. The summed E-state index contributed by atoms with van der Waals surface area (Å²) in [6, 6.07) is 10.3. The standard InChI is InChI=1S/C11H13NO2.C2H6/c1-12-10(8-14-11(12)13)7-9-5-3-2-4-6-9;1-2/h2-6,10H,7-8H2,1H3;1-2H3. The van der Waals surface area contributed by atoms with Crippen molar-refractivity contribution in [1.82, 2.24) is 4.90 Å². The molecule has 1 amide bonds. The predicted octanol–water partition coefficient (Wildman–Crippen LogP) is 2.71. The second-order valence-corrected chi connectivity index (χ2v) is 3.53. The van der Waals surface area contributed by atoms with E-state index >= 15 is 0 Å². The first-order valence-corrected chi connectivity index (χ1v) is 5.71. The van der Waals surface area contributed by atoms with E-state index in [1.54, 1.807) is 11.9 Å². The van der Waals surface area contributed by atoms with Crippen molar-refractivity contribution in [2.24, 2.45) is 0 Å². The highest BCUT2D eigenvalue weighted by molar-refractivity contribution is 5.69. The molecular weight excluding hydrogens is 202 g/mol. The quantitative estimate of drug-likeness (QED) is 0.768. The molecule has 0 saturated carbocycles. The van der Waals surface area contributed by atoms with Crippen LogP contribution in [-0.2, 0) is 11.2 Å². The molecule has 1 unspecified atom stereocenters. The Hall–Kier alpha value is -1.51. The van der Waals surface area contributed by atoms with Crippen LogP contribution in [0.1, 0.15) is 19.4 Å². The van der Waals surface area contributed by atoms with E-state index in [2.05, 4.69) is 12.1 Å². The zero-order valence-corrected chi connectivity index (χ0v) is 10.1. The van der Waals surface area contributed by atoms with Gasteiger partial charge in [0.2, 0.25) is 0 Å². The SMILES string of the molecule is CC.CN1C(=O)OCC1Cc1ccccc1. The highest BCUT2D eigenvalue weighted by Gasteiger charge is 2.29. The number of hydrogen-bond acceptors (Lipinski definition) is 2. The molecule has 1 aromatic rings. The summed E-state index contributed by atoms with van der Waals surface area (Å²) in [5, 5.41) is 0. The van der Waals surface area contributed by atoms with Gasteiger partial charge < -0.3 is 9.64 Å². The number of rotatable bonds is 2. The van der Waals surface area contributed by atoms with Gasteiger partial charge in [0.1, 0.15) is 6.61 Å². The first kappa shape index (κ1) is 12.6. The fourth-order valence-electron chi connectivity index (χ4n) is 1.61. The number of cyclic esters (lactones) is 1. The molecule has 1 fully saturated rings. The third kappa shape index (κ3) is 2.99. The summed E-state index contributed by atoms with van der Waals surface area (Å²) >= 11 is 0. The zero-order valence-electron chi connectivity index (χ0n) is 10.1. The molecule has 3 heteroatoms. The molecule has 0 bridgehead atoms. The Kier molecular flexibility index (Phi) is 4.83. The van der Waals surface area contributed by atoms with Gasteiger partial charge in [-0.3, -0.25) is 0 Å². The van der Waals surface area contributed by atoms with E-state index < -0.39 is 0 Å². The molecule has 2 rings (SSSR count). The minimum Gasteiger partial charge on any atom is -0.447 e. The molecular formula is C13H19NO2. The van der Waals surface area contributed by atoms with Crippen LogP contribution >= 0.6 is 0 Å². The molecule has 1 atom stereocenters. The first-order chi connectivity index (χ1) is 7.77. The van der Waals surface area contributed by atoms with E-state index in [0.29, 0.717) is 6.61 Å². The van der Waals surface area contributed by atoms with Gasteiger partial charge in [0.15, 0.2) is 0 Å². The zero-order chi connectivity index (χ0) is 12.0. The third-order valence-electron chi connectivity index (χ3n) is 2.55. The van der Waals surface area contributed by atoms with Crippen molar-refractivity contribution in [3.63, 3.8) is 0 Å². The topological polar surface area (TPSA) is 29.5 Å². The Balaban J connectivity index is 0.000000606. The number of nitrogens with zero attached hydrogens (tertiary/aromatic N) is 1. The van der Waals surface area contributed by atoms with Crippen LogP contribution in [0.3, 0.4) is 0 Å². The van der Waals surface area contributed by atoms with Crippen molar-refractivity contribution in [3.05, 3.63) is 35.9 Å². The van der Waals surface area contributed by atoms with E-state index in [4.69, 9.17) is 4.74 Å². The molecule has 1 aliphatic rings. The minimum absolute atomic E-state index is 0.185. The monoisotopic (exact) mass is 221 g/mol. The summed E-state index contributed by atoms with van der Waals surface area (Å²) in [6.45, 7) is 4.50. The van der Waals surface area contributed by atoms with Crippen molar-refractivity contribution in [1.29, 1.82) is 0 Å². The Morgan fingerprint density at radius 3 is 2.44 bits per heavy atom. The van der Waals surface area contributed by atoms with Crippen LogP contribution in [0.15, 0.2) is 30.3 Å². The number of carbonyl (C=O) groups is 1. The van der Waals surface area contributed by atoms with Crippen LogP contribution in [0.25, 0.3) is 0 Å². The highest BCUT2D eigenvalue weighted by atomic mass is 16.6. The maximum absolute atomic E-state index is 11.1. The number of amides is 1. The van der Waals surface area contributed by atoms with Gasteiger partial charge in [-0.1, -0.05) is 44.2 Å². The summed E-state index contributed by atoms with van der Waals surface area (Å²) in [5.41, 5.74) is 1.24. The van der Waals surface area contributed by atoms with Gasteiger partial charge >= 0.3 is 6.09 Å². The van der Waals surface area contributed by atoms with Crippen LogP contribution < -0.4 is 0 Å². The van der Waals surface area contributed by atoms with Crippen LogP contribution in [-0.4, -0.2) is 30.7 Å². The Labute approximate surface area is 97.0 Å². The minimum atomic E-state index is -0.217. The third-order valence-corrected chi connectivity index (χ3v) is 2.55. The van der Waals surface area contributed by atoms with Gasteiger partial charge in [-0.2, -0.15) is 0 Å². The Bertz CT molecular complexity index is 324. The first-order valence-electron chi connectivity index (χ1n) is 5.71. The van der Waals surface area contributed by atoms with Crippen molar-refractivity contribution >= 4 is 6.09 Å². The molecule has 1 aromatic carbocycles. The molecule has 1 saturated heterocycles. The molecule has 16 heavy (non-hydrogen) atoms. The van der Waals surface area contributed by atoms with Gasteiger partial charge in [0.25, 0.3) is 0 Å². The molecule has 88 valence electrons. The van der Waals surface area contributed by atoms with Crippen molar-refractivity contribution in [2.45, 2.75) is 26.3 Å². The summed E-state index contributed by atoms with van der Waals surface area (Å²) in [7, 11) is 1.78. The predicted molar refractivity (Wildman–Crippen MR) is 64.4 cm³/mol. The molecule has 0 aliphatic carbocycles. The normalized spacial score (nSPS) is 18.8. The lowest BCUT2D eigenvalue weighted by Crippen LogP contribution is -2.30. The van der Waals surface area contributed by atoms with Crippen molar-refractivity contribution < 1.29 is 9.53 Å². The lowest BCUT2D eigenvalue weighted by Gasteiger charge is -2.15. The van der Waals surface area contributed by atoms with Gasteiger partial charge in [-0.05, 0) is 12.0 Å². The van der Waals surface area contributed by atoms with E-state index in [0.717, 1.165) is 6.42 Å². The van der Waals surface area contributed by atoms with Gasteiger partial charge in [-0.25, -0.2) is 4.79 Å². The molecule has 3 nitrogen and oxygen atoms in total. The lowest BCUT2D eigenvalue weighted by molar-refractivity contribution is 0.163. The van der Waals surface area contributed by atoms with E-state index in [9.17, 15) is 4.79 Å². The number of carbonyl (C=O) groups excluding carboxylic acids is 1. The second-order valence-electron chi connectivity index (χ2n) is 3.53. The fraction of sp³-hybridized carbons (Fsp3) is 0.462. The second kappa shape index (κ2) is 6.16. The molecule has 1 aliphatic heterocycles. The van der Waals surface area contributed by atoms with Crippen LogP contribution in [0.2, 0.25) is 0 Å². The van der Waals surface area contributed by atoms with Crippen LogP contribution in [0.5, 0.6) is 0 Å². The average Bonchev–Trinajstić information content (AvgIpc) is 2.65. The summed E-state index contributed by atoms with van der Waals surface area (Å²) in [4.78, 5) is 12.7. The number of ether oxygens (including phenoxy) is 1. The van der Waals surface area contributed by atoms with Crippen LogP contribution in [0.4, 0.5) is 4.79 Å². The molecule has 1 heterocycles. The summed E-state index contributed by atoms with van der Waals surface area (Å²) in [6.07, 6.45) is 0.647. The van der Waals surface area contributed by atoms with E-state index in [1.807, 2.05) is 32.0 Å². The maximum atomic E-state index is 11.1. The van der Waals surface area contributed by atoms with Crippen LogP contribution in [0, 0.1) is 0 Å². The largest absolute Gasteiger partial charge is 0.447 e. The van der Waals surface area contributed by atoms with Gasteiger partial charge in [-0.15, -0.1) is 0 Å². The highest BCUT2D eigenvalue weighted by Crippen LogP contribution is 2.14. The van der Waals surface area contributed by atoms with E-state index in [1.165, 1.54) is 5.56 Å². The molecule has 0 N–H and O–H groups in total. The molecule has 0 spiro atoms. The van der Waals surface area contributed by atoms with Gasteiger partial charge in [0.05, 0.1) is 6.04 Å². The molecule has 0 radical (unpaired) electrons. The molecule has 0 aromatic heterocycles. The van der Waals surface area contributed by atoms with E-state index in [-0.39, 0.29) is 12.1 Å². The summed E-state index contributed by atoms with van der Waals surface area (Å²) < 4.78 is 4.94. The number of benzene rings is 1.